The summed E-state index contributed by atoms with van der Waals surface area (Å²) < 4.78 is 43.1. The maximum Gasteiger partial charge on any atom is 0.221 e. The number of ether oxygens (including phenoxy) is 8. The van der Waals surface area contributed by atoms with Crippen molar-refractivity contribution in [2.45, 2.75) is 6.92 Å². The van der Waals surface area contributed by atoms with Crippen LogP contribution in [0.4, 0.5) is 5.69 Å². The first-order valence-corrected chi connectivity index (χ1v) is 11.9. The molecule has 1 aromatic rings. The average Bonchev–Trinajstić information content (AvgIpc) is 2.85. The molecule has 0 radical (unpaired) electrons. The number of benzene rings is 1. The van der Waals surface area contributed by atoms with Gasteiger partial charge in [0.05, 0.1) is 99.1 Å². The second kappa shape index (κ2) is 23.9. The summed E-state index contributed by atoms with van der Waals surface area (Å²) in [5.74, 6) is 0.611. The normalized spacial score (nSPS) is 11.0. The Morgan fingerprint density at radius 1 is 0.600 bits per heavy atom. The molecule has 0 bridgehead atoms. The van der Waals surface area contributed by atoms with Crippen molar-refractivity contribution < 1.29 is 47.8 Å². The molecule has 0 saturated carbocycles. The lowest BCUT2D eigenvalue weighted by atomic mass is 10.3. The zero-order valence-electron chi connectivity index (χ0n) is 20.7. The minimum atomic E-state index is -0.107. The fourth-order valence-corrected chi connectivity index (χ4v) is 2.54. The van der Waals surface area contributed by atoms with Gasteiger partial charge in [0, 0.05) is 12.6 Å². The van der Waals surface area contributed by atoms with E-state index >= 15 is 0 Å². The predicted octanol–water partition coefficient (Wildman–Crippen LogP) is 1.13. The lowest BCUT2D eigenvalue weighted by molar-refractivity contribution is -0.114. The summed E-state index contributed by atoms with van der Waals surface area (Å²) in [7, 11) is 0. The van der Waals surface area contributed by atoms with Crippen molar-refractivity contribution in [3.05, 3.63) is 24.3 Å². The van der Waals surface area contributed by atoms with Gasteiger partial charge in [-0.15, -0.1) is 0 Å². The van der Waals surface area contributed by atoms with E-state index in [0.29, 0.717) is 99.1 Å². The van der Waals surface area contributed by atoms with Crippen LogP contribution >= 0.6 is 0 Å². The molecule has 0 aromatic heterocycles. The molecule has 0 fully saturated rings. The quantitative estimate of drug-likeness (QED) is 0.188. The smallest absolute Gasteiger partial charge is 0.221 e. The van der Waals surface area contributed by atoms with Gasteiger partial charge in [-0.05, 0) is 24.3 Å². The molecule has 0 heterocycles. The SMILES string of the molecule is CC(=O)Nc1ccc(OCCOCCOCCOCCOCCOCCOCCOCCO)cc1. The van der Waals surface area contributed by atoms with Crippen LogP contribution in [0.5, 0.6) is 5.75 Å². The van der Waals surface area contributed by atoms with E-state index in [1.807, 2.05) is 0 Å². The Hall–Kier alpha value is -1.83. The maximum absolute atomic E-state index is 11.0. The van der Waals surface area contributed by atoms with Crippen LogP contribution in [0.2, 0.25) is 0 Å². The highest BCUT2D eigenvalue weighted by molar-refractivity contribution is 5.88. The predicted molar refractivity (Wildman–Crippen MR) is 129 cm³/mol. The Morgan fingerprint density at radius 3 is 1.29 bits per heavy atom. The van der Waals surface area contributed by atoms with Gasteiger partial charge in [-0.25, -0.2) is 0 Å². The van der Waals surface area contributed by atoms with Crippen LogP contribution < -0.4 is 10.1 Å². The maximum atomic E-state index is 11.0. The fraction of sp³-hybridized carbons (Fsp3) is 0.708. The third kappa shape index (κ3) is 21.2. The zero-order valence-corrected chi connectivity index (χ0v) is 20.7. The number of anilines is 1. The van der Waals surface area contributed by atoms with Crippen molar-refractivity contribution in [1.82, 2.24) is 0 Å². The van der Waals surface area contributed by atoms with Gasteiger partial charge in [-0.2, -0.15) is 0 Å². The molecule has 0 unspecified atom stereocenters. The second-order valence-electron chi connectivity index (χ2n) is 7.06. The summed E-state index contributed by atoms with van der Waals surface area (Å²) in [6, 6.07) is 7.17. The van der Waals surface area contributed by atoms with E-state index in [1.54, 1.807) is 24.3 Å². The third-order valence-electron chi connectivity index (χ3n) is 4.14. The lowest BCUT2D eigenvalue weighted by Crippen LogP contribution is -2.15. The molecule has 11 heteroatoms. The van der Waals surface area contributed by atoms with Crippen molar-refractivity contribution in [3.63, 3.8) is 0 Å². The van der Waals surface area contributed by atoms with Crippen molar-refractivity contribution in [2.75, 3.05) is 111 Å². The van der Waals surface area contributed by atoms with Gasteiger partial charge < -0.3 is 48.3 Å². The van der Waals surface area contributed by atoms with Gasteiger partial charge in [0.2, 0.25) is 5.91 Å². The van der Waals surface area contributed by atoms with Crippen LogP contribution in [-0.2, 0) is 38.0 Å². The first-order valence-electron chi connectivity index (χ1n) is 11.9. The number of nitrogens with one attached hydrogen (secondary N) is 1. The van der Waals surface area contributed by atoms with E-state index in [2.05, 4.69) is 5.32 Å². The van der Waals surface area contributed by atoms with Crippen LogP contribution in [0.3, 0.4) is 0 Å². The van der Waals surface area contributed by atoms with Gasteiger partial charge in [0.25, 0.3) is 0 Å². The Labute approximate surface area is 207 Å². The van der Waals surface area contributed by atoms with Crippen molar-refractivity contribution in [3.8, 4) is 5.75 Å². The van der Waals surface area contributed by atoms with Crippen molar-refractivity contribution in [2.24, 2.45) is 0 Å². The standard InChI is InChI=1S/C24H41NO10/c1-22(27)25-23-2-4-24(5-3-23)35-21-20-34-19-18-33-17-16-32-15-14-31-13-12-30-11-10-29-9-8-28-7-6-26/h2-5,26H,6-21H2,1H3,(H,25,27). The highest BCUT2D eigenvalue weighted by Gasteiger charge is 1.98. The average molecular weight is 504 g/mol. The summed E-state index contributed by atoms with van der Waals surface area (Å²) in [5.41, 5.74) is 0.733. The topological polar surface area (TPSA) is 123 Å². The minimum absolute atomic E-state index is 0.0246. The van der Waals surface area contributed by atoms with Crippen LogP contribution in [0.1, 0.15) is 6.92 Å². The number of aliphatic hydroxyl groups is 1. The molecule has 0 aliphatic carbocycles. The van der Waals surface area contributed by atoms with Gasteiger partial charge in [0.15, 0.2) is 0 Å². The molecule has 11 nitrogen and oxygen atoms in total. The summed E-state index contributed by atoms with van der Waals surface area (Å²) in [5, 5.41) is 11.3. The Kier molecular flexibility index (Phi) is 21.3. The molecule has 1 aromatic carbocycles. The molecule has 0 saturated heterocycles. The molecule has 0 aliphatic rings. The molecule has 202 valence electrons. The lowest BCUT2D eigenvalue weighted by Gasteiger charge is -2.09. The molecule has 35 heavy (non-hydrogen) atoms. The zero-order chi connectivity index (χ0) is 25.2. The summed E-state index contributed by atoms with van der Waals surface area (Å²) in [4.78, 5) is 11.0. The number of aliphatic hydroxyl groups excluding tert-OH is 1. The highest BCUT2D eigenvalue weighted by atomic mass is 16.6. The molecule has 2 N–H and O–H groups in total. The van der Waals surface area contributed by atoms with E-state index in [1.165, 1.54) is 6.92 Å². The van der Waals surface area contributed by atoms with Gasteiger partial charge >= 0.3 is 0 Å². The van der Waals surface area contributed by atoms with Crippen LogP contribution in [-0.4, -0.2) is 117 Å². The Bertz CT molecular complexity index is 602. The third-order valence-corrected chi connectivity index (χ3v) is 4.14. The van der Waals surface area contributed by atoms with Crippen molar-refractivity contribution >= 4 is 11.6 Å². The number of rotatable bonds is 25. The first kappa shape index (κ1) is 31.2. The largest absolute Gasteiger partial charge is 0.491 e. The molecular weight excluding hydrogens is 462 g/mol. The summed E-state index contributed by atoms with van der Waals surface area (Å²) >= 11 is 0. The van der Waals surface area contributed by atoms with Crippen LogP contribution in [0, 0.1) is 0 Å². The van der Waals surface area contributed by atoms with E-state index < -0.39 is 0 Å². The molecular formula is C24H41NO10. The Morgan fingerprint density at radius 2 is 0.943 bits per heavy atom. The monoisotopic (exact) mass is 503 g/mol. The number of hydrogen-bond acceptors (Lipinski definition) is 10. The van der Waals surface area contributed by atoms with Crippen LogP contribution in [0.25, 0.3) is 0 Å². The molecule has 1 rings (SSSR count). The number of carbonyl (C=O) groups excluding carboxylic acids is 1. The molecule has 1 amide bonds. The van der Waals surface area contributed by atoms with E-state index in [4.69, 9.17) is 43.0 Å². The number of amides is 1. The van der Waals surface area contributed by atoms with Gasteiger partial charge in [0.1, 0.15) is 12.4 Å². The second-order valence-corrected chi connectivity index (χ2v) is 7.06. The fourth-order valence-electron chi connectivity index (χ4n) is 2.54. The first-order chi connectivity index (χ1) is 17.2. The summed E-state index contributed by atoms with van der Waals surface area (Å²) in [6.45, 7) is 8.65. The molecule has 0 atom stereocenters. The molecule has 0 aliphatic heterocycles. The molecule has 0 spiro atoms. The van der Waals surface area contributed by atoms with Gasteiger partial charge in [-0.3, -0.25) is 4.79 Å². The summed E-state index contributed by atoms with van der Waals surface area (Å²) in [6.07, 6.45) is 0. The highest BCUT2D eigenvalue weighted by Crippen LogP contribution is 2.15. The number of hydrogen-bond donors (Lipinski definition) is 2. The van der Waals surface area contributed by atoms with E-state index in [-0.39, 0.29) is 12.5 Å². The number of carbonyl (C=O) groups is 1. The van der Waals surface area contributed by atoms with E-state index in [0.717, 1.165) is 11.4 Å². The Balaban J connectivity index is 1.73. The van der Waals surface area contributed by atoms with Gasteiger partial charge in [-0.1, -0.05) is 0 Å². The van der Waals surface area contributed by atoms with Crippen molar-refractivity contribution in [1.29, 1.82) is 0 Å². The minimum Gasteiger partial charge on any atom is -0.491 e. The van der Waals surface area contributed by atoms with Crippen LogP contribution in [0.15, 0.2) is 24.3 Å². The van der Waals surface area contributed by atoms with E-state index in [9.17, 15) is 4.79 Å².